The molecule has 5 heteroatoms. The Morgan fingerprint density at radius 2 is 2.00 bits per heavy atom. The van der Waals surface area contributed by atoms with Crippen molar-refractivity contribution < 1.29 is 13.6 Å². The van der Waals surface area contributed by atoms with Crippen LogP contribution in [0.4, 0.5) is 4.39 Å². The summed E-state index contributed by atoms with van der Waals surface area (Å²) in [6, 6.07) is 11.9. The highest BCUT2D eigenvalue weighted by Crippen LogP contribution is 2.33. The standard InChI is InChI=1S/C15H10FNO2S/c1-9(18)14-10(16)5-4-8-13(14)20-15-17-11-6-2-3-7-12(11)19-15/h2-8H,1H3. The lowest BCUT2D eigenvalue weighted by Gasteiger charge is -2.04. The maximum absolute atomic E-state index is 13.7. The van der Waals surface area contributed by atoms with Crippen molar-refractivity contribution in [3.8, 4) is 0 Å². The highest BCUT2D eigenvalue weighted by molar-refractivity contribution is 7.99. The third-order valence-electron chi connectivity index (χ3n) is 2.80. The van der Waals surface area contributed by atoms with Crippen LogP contribution in [0.25, 0.3) is 11.1 Å². The van der Waals surface area contributed by atoms with Gasteiger partial charge in [-0.05, 0) is 43.0 Å². The van der Waals surface area contributed by atoms with Crippen LogP contribution in [-0.2, 0) is 0 Å². The topological polar surface area (TPSA) is 43.1 Å². The molecule has 3 rings (SSSR count). The van der Waals surface area contributed by atoms with Crippen LogP contribution in [0, 0.1) is 5.82 Å². The van der Waals surface area contributed by atoms with Crippen LogP contribution in [0.5, 0.6) is 0 Å². The fourth-order valence-electron chi connectivity index (χ4n) is 1.92. The smallest absolute Gasteiger partial charge is 0.261 e. The Bertz CT molecular complexity index is 764. The predicted molar refractivity (Wildman–Crippen MR) is 74.5 cm³/mol. The fourth-order valence-corrected chi connectivity index (χ4v) is 2.87. The molecule has 100 valence electrons. The summed E-state index contributed by atoms with van der Waals surface area (Å²) in [7, 11) is 0. The molecule has 1 heterocycles. The van der Waals surface area contributed by atoms with E-state index < -0.39 is 5.82 Å². The maximum atomic E-state index is 13.7. The zero-order valence-corrected chi connectivity index (χ0v) is 11.4. The van der Waals surface area contributed by atoms with Gasteiger partial charge in [-0.1, -0.05) is 18.2 Å². The van der Waals surface area contributed by atoms with E-state index in [4.69, 9.17) is 4.42 Å². The van der Waals surface area contributed by atoms with E-state index in [0.717, 1.165) is 17.3 Å². The van der Waals surface area contributed by atoms with Gasteiger partial charge in [0.25, 0.3) is 5.22 Å². The number of benzene rings is 2. The van der Waals surface area contributed by atoms with Crippen LogP contribution in [0.15, 0.2) is 57.0 Å². The van der Waals surface area contributed by atoms with Gasteiger partial charge in [-0.3, -0.25) is 4.79 Å². The first kappa shape index (κ1) is 12.9. The van der Waals surface area contributed by atoms with Crippen molar-refractivity contribution in [3.05, 3.63) is 53.8 Å². The number of nitrogens with zero attached hydrogens (tertiary/aromatic N) is 1. The maximum Gasteiger partial charge on any atom is 0.261 e. The lowest BCUT2D eigenvalue weighted by atomic mass is 10.1. The van der Waals surface area contributed by atoms with Gasteiger partial charge in [-0.15, -0.1) is 0 Å². The van der Waals surface area contributed by atoms with E-state index in [9.17, 15) is 9.18 Å². The summed E-state index contributed by atoms with van der Waals surface area (Å²) in [6.07, 6.45) is 0. The van der Waals surface area contributed by atoms with Crippen molar-refractivity contribution in [2.24, 2.45) is 0 Å². The minimum Gasteiger partial charge on any atom is -0.431 e. The number of hydrogen-bond acceptors (Lipinski definition) is 4. The summed E-state index contributed by atoms with van der Waals surface area (Å²) in [4.78, 5) is 16.3. The Hall–Kier alpha value is -2.14. The molecule has 0 amide bonds. The van der Waals surface area contributed by atoms with E-state index in [1.54, 1.807) is 12.1 Å². The predicted octanol–water partition coefficient (Wildman–Crippen LogP) is 4.32. The molecule has 2 aromatic carbocycles. The van der Waals surface area contributed by atoms with Crippen LogP contribution in [-0.4, -0.2) is 10.8 Å². The van der Waals surface area contributed by atoms with Gasteiger partial charge >= 0.3 is 0 Å². The second-order valence-corrected chi connectivity index (χ2v) is 5.21. The summed E-state index contributed by atoms with van der Waals surface area (Å²) in [6.45, 7) is 1.34. The minimum absolute atomic E-state index is 0.0692. The van der Waals surface area contributed by atoms with Gasteiger partial charge in [-0.25, -0.2) is 9.37 Å². The van der Waals surface area contributed by atoms with Crippen molar-refractivity contribution in [3.63, 3.8) is 0 Å². The largest absolute Gasteiger partial charge is 0.431 e. The highest BCUT2D eigenvalue weighted by Gasteiger charge is 2.16. The molecule has 0 spiro atoms. The Balaban J connectivity index is 2.02. The number of aromatic nitrogens is 1. The normalized spacial score (nSPS) is 10.9. The van der Waals surface area contributed by atoms with Crippen LogP contribution < -0.4 is 0 Å². The van der Waals surface area contributed by atoms with Gasteiger partial charge in [0.15, 0.2) is 11.4 Å². The van der Waals surface area contributed by atoms with E-state index in [1.165, 1.54) is 13.0 Å². The second-order valence-electron chi connectivity index (χ2n) is 4.22. The van der Waals surface area contributed by atoms with E-state index in [1.807, 2.05) is 24.3 Å². The molecular formula is C15H10FNO2S. The molecule has 0 aliphatic rings. The molecule has 0 saturated carbocycles. The number of hydrogen-bond donors (Lipinski definition) is 0. The van der Waals surface area contributed by atoms with Gasteiger partial charge in [0.2, 0.25) is 0 Å². The number of oxazole rings is 1. The summed E-state index contributed by atoms with van der Waals surface area (Å²) in [5, 5.41) is 0.388. The highest BCUT2D eigenvalue weighted by atomic mass is 32.2. The van der Waals surface area contributed by atoms with Crippen molar-refractivity contribution >= 4 is 28.6 Å². The molecule has 0 radical (unpaired) electrons. The average Bonchev–Trinajstić information content (AvgIpc) is 2.80. The third kappa shape index (κ3) is 2.32. The van der Waals surface area contributed by atoms with Crippen LogP contribution in [0.2, 0.25) is 0 Å². The zero-order valence-electron chi connectivity index (χ0n) is 10.6. The number of Topliss-reactive ketones (excluding diaryl/α,β-unsaturated/α-hetero) is 1. The van der Waals surface area contributed by atoms with Crippen LogP contribution in [0.1, 0.15) is 17.3 Å². The van der Waals surface area contributed by atoms with Gasteiger partial charge in [-0.2, -0.15) is 0 Å². The van der Waals surface area contributed by atoms with Crippen LogP contribution >= 0.6 is 11.8 Å². The molecule has 0 atom stereocenters. The third-order valence-corrected chi connectivity index (χ3v) is 3.71. The fraction of sp³-hybridized carbons (Fsp3) is 0.0667. The molecule has 3 aromatic rings. The molecule has 1 aromatic heterocycles. The van der Waals surface area contributed by atoms with E-state index in [0.29, 0.717) is 15.7 Å². The molecule has 0 fully saturated rings. The summed E-state index contributed by atoms with van der Waals surface area (Å²) in [5.74, 6) is -0.847. The Morgan fingerprint density at radius 3 is 2.75 bits per heavy atom. The molecule has 0 saturated heterocycles. The van der Waals surface area contributed by atoms with Crippen molar-refractivity contribution in [2.45, 2.75) is 17.0 Å². The van der Waals surface area contributed by atoms with Gasteiger partial charge in [0, 0.05) is 4.90 Å². The number of carbonyl (C=O) groups excluding carboxylic acids is 1. The minimum atomic E-state index is -0.529. The van der Waals surface area contributed by atoms with E-state index in [2.05, 4.69) is 4.98 Å². The zero-order chi connectivity index (χ0) is 14.1. The molecule has 0 unspecified atom stereocenters. The molecule has 0 aliphatic heterocycles. The van der Waals surface area contributed by atoms with Crippen molar-refractivity contribution in [1.82, 2.24) is 4.98 Å². The first-order valence-electron chi connectivity index (χ1n) is 5.98. The molecule has 3 nitrogen and oxygen atoms in total. The average molecular weight is 287 g/mol. The molecular weight excluding hydrogens is 277 g/mol. The number of rotatable bonds is 3. The van der Waals surface area contributed by atoms with Crippen molar-refractivity contribution in [2.75, 3.05) is 0 Å². The first-order valence-corrected chi connectivity index (χ1v) is 6.79. The van der Waals surface area contributed by atoms with E-state index >= 15 is 0 Å². The lowest BCUT2D eigenvalue weighted by molar-refractivity contribution is 0.101. The first-order chi connectivity index (χ1) is 9.65. The lowest BCUT2D eigenvalue weighted by Crippen LogP contribution is -1.99. The van der Waals surface area contributed by atoms with E-state index in [-0.39, 0.29) is 11.3 Å². The van der Waals surface area contributed by atoms with Gasteiger partial charge in [0.05, 0.1) is 5.56 Å². The SMILES string of the molecule is CC(=O)c1c(F)cccc1Sc1nc2ccccc2o1. The second kappa shape index (κ2) is 5.09. The van der Waals surface area contributed by atoms with Crippen molar-refractivity contribution in [1.29, 1.82) is 0 Å². The number of halogens is 1. The Labute approximate surface area is 118 Å². The number of ketones is 1. The summed E-state index contributed by atoms with van der Waals surface area (Å²) >= 11 is 1.14. The Morgan fingerprint density at radius 1 is 1.20 bits per heavy atom. The molecule has 0 aliphatic carbocycles. The number of carbonyl (C=O) groups is 1. The molecule has 20 heavy (non-hydrogen) atoms. The van der Waals surface area contributed by atoms with Gasteiger partial charge < -0.3 is 4.42 Å². The summed E-state index contributed by atoms with van der Waals surface area (Å²) < 4.78 is 19.3. The van der Waals surface area contributed by atoms with Gasteiger partial charge in [0.1, 0.15) is 11.3 Å². The molecule has 0 bridgehead atoms. The summed E-state index contributed by atoms with van der Waals surface area (Å²) in [5.41, 5.74) is 1.46. The monoisotopic (exact) mass is 287 g/mol. The number of para-hydroxylation sites is 2. The van der Waals surface area contributed by atoms with Crippen LogP contribution in [0.3, 0.4) is 0 Å². The quantitative estimate of drug-likeness (QED) is 0.673. The number of fused-ring (bicyclic) bond motifs is 1. The molecule has 0 N–H and O–H groups in total. The Kier molecular flexibility index (Phi) is 3.28.